The Balaban J connectivity index is 1.87. The molecule has 98 valence electrons. The van der Waals surface area contributed by atoms with Crippen molar-refractivity contribution in [3.63, 3.8) is 0 Å². The van der Waals surface area contributed by atoms with Crippen LogP contribution in [0.5, 0.6) is 0 Å². The standard InChI is InChI=1S/C12H20F2N2O/c13-12(14)4-2-10(3-5-12)11(17)16-8-1-6-15-7-9-16/h10,15H,1-9H2. The second-order valence-electron chi connectivity index (χ2n) is 5.06. The van der Waals surface area contributed by atoms with Crippen molar-refractivity contribution in [3.8, 4) is 0 Å². The lowest BCUT2D eigenvalue weighted by molar-refractivity contribution is -0.139. The maximum Gasteiger partial charge on any atom is 0.248 e. The largest absolute Gasteiger partial charge is 0.341 e. The van der Waals surface area contributed by atoms with Crippen LogP contribution in [0.4, 0.5) is 8.78 Å². The number of carbonyl (C=O) groups excluding carboxylic acids is 1. The van der Waals surface area contributed by atoms with Crippen molar-refractivity contribution in [2.24, 2.45) is 5.92 Å². The van der Waals surface area contributed by atoms with Crippen LogP contribution in [0.25, 0.3) is 0 Å². The van der Waals surface area contributed by atoms with Gasteiger partial charge in [0.05, 0.1) is 0 Å². The summed E-state index contributed by atoms with van der Waals surface area (Å²) < 4.78 is 26.0. The molecule has 0 aromatic rings. The Morgan fingerprint density at radius 2 is 1.88 bits per heavy atom. The van der Waals surface area contributed by atoms with Gasteiger partial charge in [0.25, 0.3) is 0 Å². The van der Waals surface area contributed by atoms with Gasteiger partial charge in [0.15, 0.2) is 0 Å². The summed E-state index contributed by atoms with van der Waals surface area (Å²) in [5, 5.41) is 3.23. The first-order valence-corrected chi connectivity index (χ1v) is 6.46. The van der Waals surface area contributed by atoms with E-state index in [1.54, 1.807) is 0 Å². The van der Waals surface area contributed by atoms with Gasteiger partial charge in [-0.25, -0.2) is 8.78 Å². The first-order chi connectivity index (χ1) is 8.08. The van der Waals surface area contributed by atoms with Crippen LogP contribution in [0.2, 0.25) is 0 Å². The molecule has 1 amide bonds. The van der Waals surface area contributed by atoms with E-state index in [1.165, 1.54) is 0 Å². The van der Waals surface area contributed by atoms with Gasteiger partial charge in [0.1, 0.15) is 0 Å². The first-order valence-electron chi connectivity index (χ1n) is 6.46. The molecule has 1 heterocycles. The van der Waals surface area contributed by atoms with Crippen LogP contribution in [-0.2, 0) is 4.79 Å². The Morgan fingerprint density at radius 3 is 2.59 bits per heavy atom. The molecular formula is C12H20F2N2O. The molecule has 0 unspecified atom stereocenters. The molecule has 1 aliphatic carbocycles. The molecule has 1 saturated heterocycles. The Morgan fingerprint density at radius 1 is 1.18 bits per heavy atom. The van der Waals surface area contributed by atoms with Crippen LogP contribution in [0.3, 0.4) is 0 Å². The van der Waals surface area contributed by atoms with Gasteiger partial charge in [0.2, 0.25) is 11.8 Å². The number of alkyl halides is 2. The van der Waals surface area contributed by atoms with Crippen molar-refractivity contribution in [1.29, 1.82) is 0 Å². The van der Waals surface area contributed by atoms with Gasteiger partial charge >= 0.3 is 0 Å². The van der Waals surface area contributed by atoms with Crippen LogP contribution in [0.1, 0.15) is 32.1 Å². The fourth-order valence-corrected chi connectivity index (χ4v) is 2.61. The molecule has 0 aromatic heterocycles. The van der Waals surface area contributed by atoms with Crippen LogP contribution < -0.4 is 5.32 Å². The molecule has 0 aromatic carbocycles. The SMILES string of the molecule is O=C(C1CCC(F)(F)CC1)N1CCCNCC1. The topological polar surface area (TPSA) is 32.3 Å². The normalized spacial score (nSPS) is 26.6. The highest BCUT2D eigenvalue weighted by atomic mass is 19.3. The Kier molecular flexibility index (Phi) is 3.97. The summed E-state index contributed by atoms with van der Waals surface area (Å²) in [5.74, 6) is -2.63. The molecule has 5 heteroatoms. The van der Waals surface area contributed by atoms with Gasteiger partial charge in [-0.3, -0.25) is 4.79 Å². The average Bonchev–Trinajstić information content (AvgIpc) is 2.56. The zero-order chi connectivity index (χ0) is 12.3. The summed E-state index contributed by atoms with van der Waals surface area (Å²) in [6.45, 7) is 3.23. The number of rotatable bonds is 1. The third kappa shape index (κ3) is 3.37. The highest BCUT2D eigenvalue weighted by Crippen LogP contribution is 2.36. The van der Waals surface area contributed by atoms with Gasteiger partial charge in [0, 0.05) is 38.4 Å². The van der Waals surface area contributed by atoms with Crippen molar-refractivity contribution in [1.82, 2.24) is 10.2 Å². The minimum Gasteiger partial charge on any atom is -0.341 e. The third-order valence-corrected chi connectivity index (χ3v) is 3.72. The number of hydrogen-bond donors (Lipinski definition) is 1. The second-order valence-corrected chi connectivity index (χ2v) is 5.06. The van der Waals surface area contributed by atoms with E-state index in [4.69, 9.17) is 0 Å². The Bertz CT molecular complexity index is 266. The van der Waals surface area contributed by atoms with E-state index in [1.807, 2.05) is 4.90 Å². The highest BCUT2D eigenvalue weighted by Gasteiger charge is 2.38. The maximum absolute atomic E-state index is 13.0. The third-order valence-electron chi connectivity index (χ3n) is 3.72. The van der Waals surface area contributed by atoms with Gasteiger partial charge in [-0.05, 0) is 25.8 Å². The number of nitrogens with zero attached hydrogens (tertiary/aromatic N) is 1. The number of nitrogens with one attached hydrogen (secondary N) is 1. The van der Waals surface area contributed by atoms with E-state index in [2.05, 4.69) is 5.32 Å². The average molecular weight is 246 g/mol. The monoisotopic (exact) mass is 246 g/mol. The Labute approximate surface area is 101 Å². The molecule has 1 saturated carbocycles. The Hall–Kier alpha value is -0.710. The molecular weight excluding hydrogens is 226 g/mol. The molecule has 3 nitrogen and oxygen atoms in total. The van der Waals surface area contributed by atoms with E-state index in [-0.39, 0.29) is 24.7 Å². The zero-order valence-corrected chi connectivity index (χ0v) is 10.1. The van der Waals surface area contributed by atoms with Crippen LogP contribution >= 0.6 is 0 Å². The lowest BCUT2D eigenvalue weighted by atomic mass is 9.86. The summed E-state index contributed by atoms with van der Waals surface area (Å²) in [5.41, 5.74) is 0. The van der Waals surface area contributed by atoms with Crippen molar-refractivity contribution in [2.75, 3.05) is 26.2 Å². The predicted molar refractivity (Wildman–Crippen MR) is 61.0 cm³/mol. The summed E-state index contributed by atoms with van der Waals surface area (Å²) in [7, 11) is 0. The summed E-state index contributed by atoms with van der Waals surface area (Å²) in [6.07, 6.45) is 1.38. The highest BCUT2D eigenvalue weighted by molar-refractivity contribution is 5.79. The van der Waals surface area contributed by atoms with Gasteiger partial charge in [-0.15, -0.1) is 0 Å². The molecule has 17 heavy (non-hydrogen) atoms. The van der Waals surface area contributed by atoms with E-state index >= 15 is 0 Å². The van der Waals surface area contributed by atoms with Gasteiger partial charge in [-0.2, -0.15) is 0 Å². The minimum atomic E-state index is -2.54. The van der Waals surface area contributed by atoms with Crippen LogP contribution in [0, 0.1) is 5.92 Å². The molecule has 2 fully saturated rings. The van der Waals surface area contributed by atoms with E-state index < -0.39 is 5.92 Å². The molecule has 0 bridgehead atoms. The number of amides is 1. The lowest BCUT2D eigenvalue weighted by Crippen LogP contribution is -2.41. The maximum atomic E-state index is 13.0. The first kappa shape index (κ1) is 12.7. The minimum absolute atomic E-state index is 0.0872. The molecule has 1 aliphatic heterocycles. The van der Waals surface area contributed by atoms with E-state index in [0.29, 0.717) is 19.4 Å². The van der Waals surface area contributed by atoms with E-state index in [9.17, 15) is 13.6 Å². The molecule has 0 radical (unpaired) electrons. The zero-order valence-electron chi connectivity index (χ0n) is 10.1. The number of hydrogen-bond acceptors (Lipinski definition) is 2. The van der Waals surface area contributed by atoms with E-state index in [0.717, 1.165) is 26.1 Å². The molecule has 0 spiro atoms. The molecule has 1 N–H and O–H groups in total. The summed E-state index contributed by atoms with van der Waals surface area (Å²) in [4.78, 5) is 14.0. The second kappa shape index (κ2) is 5.29. The van der Waals surface area contributed by atoms with Crippen molar-refractivity contribution in [2.45, 2.75) is 38.0 Å². The van der Waals surface area contributed by atoms with Crippen LogP contribution in [-0.4, -0.2) is 42.9 Å². The predicted octanol–water partition coefficient (Wildman–Crippen LogP) is 1.63. The van der Waals surface area contributed by atoms with Crippen LogP contribution in [0.15, 0.2) is 0 Å². The number of carbonyl (C=O) groups is 1. The quantitative estimate of drug-likeness (QED) is 0.762. The van der Waals surface area contributed by atoms with Gasteiger partial charge < -0.3 is 10.2 Å². The smallest absolute Gasteiger partial charge is 0.248 e. The lowest BCUT2D eigenvalue weighted by Gasteiger charge is -2.31. The van der Waals surface area contributed by atoms with Crippen molar-refractivity contribution < 1.29 is 13.6 Å². The van der Waals surface area contributed by atoms with Crippen molar-refractivity contribution in [3.05, 3.63) is 0 Å². The fourth-order valence-electron chi connectivity index (χ4n) is 2.61. The van der Waals surface area contributed by atoms with Gasteiger partial charge in [-0.1, -0.05) is 0 Å². The summed E-state index contributed by atoms with van der Waals surface area (Å²) >= 11 is 0. The number of halogens is 2. The molecule has 0 atom stereocenters. The summed E-state index contributed by atoms with van der Waals surface area (Å²) in [6, 6.07) is 0. The fraction of sp³-hybridized carbons (Fsp3) is 0.917. The molecule has 2 aliphatic rings. The van der Waals surface area contributed by atoms with Crippen molar-refractivity contribution >= 4 is 5.91 Å². The molecule has 2 rings (SSSR count).